The molecule has 4 aromatic carbocycles. The van der Waals surface area contributed by atoms with E-state index in [1.807, 2.05) is 6.20 Å². The molecule has 0 radical (unpaired) electrons. The second-order valence-corrected chi connectivity index (χ2v) is 18.8. The molecule has 3 aliphatic rings. The van der Waals surface area contributed by atoms with Crippen LogP contribution in [0.3, 0.4) is 0 Å². The van der Waals surface area contributed by atoms with Crippen molar-refractivity contribution in [3.8, 4) is 28.4 Å². The normalized spacial score (nSPS) is 21.0. The standard InChI is InChI=1S/C50H53N3O2.Pt/c1-28-19-31(4)42(32(5)20-28)33-22-34(46-52-49(11)16-13-14-17-50(49,12)55-46)24-36(23-33)54-41-27-40-37(21-30(41)3)38-25-35(47(6,7)8)26-39-44(38)53(40)45-43(48(39,9)10)29(2)15-18-51-45;/h15,18-23,25-26H,13-14,16-17H2,1-12H3;/q-2;+2/t49-,50+;/m1./s1. The van der Waals surface area contributed by atoms with E-state index < -0.39 is 0 Å². The van der Waals surface area contributed by atoms with Crippen LogP contribution in [-0.2, 0) is 36.6 Å². The minimum atomic E-state index is -0.335. The van der Waals surface area contributed by atoms with Crippen molar-refractivity contribution in [3.05, 3.63) is 117 Å². The maximum absolute atomic E-state index is 6.97. The van der Waals surface area contributed by atoms with Crippen molar-refractivity contribution in [1.29, 1.82) is 0 Å². The van der Waals surface area contributed by atoms with Gasteiger partial charge in [0.05, 0.1) is 5.54 Å². The second-order valence-electron chi connectivity index (χ2n) is 18.8. The molecule has 2 aromatic heterocycles. The first-order valence-electron chi connectivity index (χ1n) is 20.0. The molecule has 2 aliphatic heterocycles. The molecular formula is C50H53N3O2Pt. The first-order chi connectivity index (χ1) is 25.9. The van der Waals surface area contributed by atoms with E-state index in [0.717, 1.165) is 59.1 Å². The molecule has 1 aliphatic carbocycles. The van der Waals surface area contributed by atoms with Crippen LogP contribution < -0.4 is 4.74 Å². The van der Waals surface area contributed by atoms with Gasteiger partial charge in [0.2, 0.25) is 0 Å². The van der Waals surface area contributed by atoms with Gasteiger partial charge in [0.25, 0.3) is 0 Å². The maximum Gasteiger partial charge on any atom is 2.00 e. The van der Waals surface area contributed by atoms with Gasteiger partial charge < -0.3 is 14.0 Å². The van der Waals surface area contributed by atoms with Gasteiger partial charge in [-0.05, 0) is 111 Å². The number of hydrogen-bond donors (Lipinski definition) is 0. The van der Waals surface area contributed by atoms with Gasteiger partial charge in [0.1, 0.15) is 17.3 Å². The summed E-state index contributed by atoms with van der Waals surface area (Å²) in [5, 5.41) is 2.38. The first kappa shape index (κ1) is 38.7. The third-order valence-electron chi connectivity index (χ3n) is 13.2. The fraction of sp³-hybridized carbons (Fsp3) is 0.400. The Morgan fingerprint density at radius 1 is 0.804 bits per heavy atom. The summed E-state index contributed by atoms with van der Waals surface area (Å²) in [6.45, 7) is 26.9. The van der Waals surface area contributed by atoms with Gasteiger partial charge in [-0.2, -0.15) is 6.07 Å². The zero-order valence-corrected chi connectivity index (χ0v) is 37.3. The van der Waals surface area contributed by atoms with Crippen LogP contribution in [-0.4, -0.2) is 26.6 Å². The maximum atomic E-state index is 6.97. The molecule has 0 bridgehead atoms. The van der Waals surface area contributed by atoms with Crippen molar-refractivity contribution < 1.29 is 30.5 Å². The van der Waals surface area contributed by atoms with Crippen LogP contribution in [0.2, 0.25) is 0 Å². The Balaban J connectivity index is 0.00000441. The predicted octanol–water partition coefficient (Wildman–Crippen LogP) is 12.6. The number of aryl methyl sites for hydroxylation is 5. The van der Waals surface area contributed by atoms with E-state index in [9.17, 15) is 0 Å². The average molecular weight is 923 g/mol. The number of benzene rings is 4. The molecule has 0 spiro atoms. The summed E-state index contributed by atoms with van der Waals surface area (Å²) in [6.07, 6.45) is 6.26. The number of nitrogens with zero attached hydrogens (tertiary/aromatic N) is 3. The molecule has 5 nitrogen and oxygen atoms in total. The van der Waals surface area contributed by atoms with Gasteiger partial charge in [-0.3, -0.25) is 4.99 Å². The number of pyridine rings is 1. The zero-order chi connectivity index (χ0) is 39.0. The molecule has 0 unspecified atom stereocenters. The summed E-state index contributed by atoms with van der Waals surface area (Å²) >= 11 is 0. The van der Waals surface area contributed by atoms with Crippen LogP contribution in [0.15, 0.2) is 59.7 Å². The minimum absolute atomic E-state index is 0. The Labute approximate surface area is 347 Å². The Morgan fingerprint density at radius 3 is 2.21 bits per heavy atom. The summed E-state index contributed by atoms with van der Waals surface area (Å²) in [6, 6.07) is 25.5. The minimum Gasteiger partial charge on any atom is -0.512 e. The Kier molecular flexibility index (Phi) is 8.90. The average Bonchev–Trinajstić information content (AvgIpc) is 3.57. The van der Waals surface area contributed by atoms with Gasteiger partial charge in [-0.15, -0.1) is 23.1 Å². The fourth-order valence-electron chi connectivity index (χ4n) is 10.0. The number of fused-ring (bicyclic) bond motifs is 6. The van der Waals surface area contributed by atoms with Gasteiger partial charge in [0, 0.05) is 34.2 Å². The van der Waals surface area contributed by atoms with E-state index in [2.05, 4.69) is 148 Å². The first-order valence-corrected chi connectivity index (χ1v) is 20.0. The molecule has 56 heavy (non-hydrogen) atoms. The number of ether oxygens (including phenoxy) is 2. The van der Waals surface area contributed by atoms with Crippen molar-refractivity contribution in [2.75, 3.05) is 0 Å². The van der Waals surface area contributed by atoms with Crippen LogP contribution in [0.5, 0.6) is 11.5 Å². The van der Waals surface area contributed by atoms with Gasteiger partial charge in [-0.1, -0.05) is 107 Å². The molecular weight excluding hydrogens is 870 g/mol. The van der Waals surface area contributed by atoms with Crippen molar-refractivity contribution >= 4 is 27.7 Å². The quantitative estimate of drug-likeness (QED) is 0.166. The number of aliphatic imine (C=N–C) groups is 1. The van der Waals surface area contributed by atoms with Crippen LogP contribution >= 0.6 is 0 Å². The molecule has 6 aromatic rings. The van der Waals surface area contributed by atoms with E-state index in [1.165, 1.54) is 55.4 Å². The summed E-state index contributed by atoms with van der Waals surface area (Å²) in [5.41, 5.74) is 14.2. The van der Waals surface area contributed by atoms with E-state index in [1.54, 1.807) is 0 Å². The number of hydrogen-bond acceptors (Lipinski definition) is 4. The molecule has 290 valence electrons. The zero-order valence-electron chi connectivity index (χ0n) is 35.0. The SMILES string of the molecule is Cc1cc(C)c(-c2cc(Oc3[c-]c4c(cc3C)c3cc(C(C)(C)C)cc5c3n4-c3nccc(C)c3C5(C)C)[c-]c(C3=N[C@]4(C)CCCC[C@]4(C)O3)c2)c(C)c1.[Pt+2]. The van der Waals surface area contributed by atoms with Crippen LogP contribution in [0, 0.1) is 46.8 Å². The van der Waals surface area contributed by atoms with Crippen molar-refractivity contribution in [2.45, 2.75) is 131 Å². The van der Waals surface area contributed by atoms with Gasteiger partial charge in [-0.25, -0.2) is 4.98 Å². The molecule has 9 rings (SSSR count). The topological polar surface area (TPSA) is 48.6 Å². The van der Waals surface area contributed by atoms with E-state index in [0.29, 0.717) is 17.4 Å². The third-order valence-corrected chi connectivity index (χ3v) is 13.2. The number of rotatable bonds is 4. The fourth-order valence-corrected chi connectivity index (χ4v) is 10.0. The van der Waals surface area contributed by atoms with E-state index in [4.69, 9.17) is 19.5 Å². The van der Waals surface area contributed by atoms with Crippen LogP contribution in [0.1, 0.15) is 124 Å². The van der Waals surface area contributed by atoms with Crippen molar-refractivity contribution in [2.24, 2.45) is 4.99 Å². The van der Waals surface area contributed by atoms with Gasteiger partial charge in [0.15, 0.2) is 0 Å². The smallest absolute Gasteiger partial charge is 0.512 e. The molecule has 1 fully saturated rings. The van der Waals surface area contributed by atoms with Crippen molar-refractivity contribution in [1.82, 2.24) is 9.55 Å². The largest absolute Gasteiger partial charge is 2.00 e. The molecule has 6 heteroatoms. The monoisotopic (exact) mass is 922 g/mol. The molecule has 0 amide bonds. The van der Waals surface area contributed by atoms with E-state index >= 15 is 0 Å². The molecule has 0 saturated heterocycles. The number of aromatic nitrogens is 2. The Bertz CT molecular complexity index is 2640. The third kappa shape index (κ3) is 5.73. The Hall–Kier alpha value is -4.21. The van der Waals surface area contributed by atoms with Gasteiger partial charge >= 0.3 is 21.1 Å². The molecule has 0 N–H and O–H groups in total. The Morgan fingerprint density at radius 2 is 1.52 bits per heavy atom. The molecule has 4 heterocycles. The van der Waals surface area contributed by atoms with Crippen LogP contribution in [0.25, 0.3) is 38.8 Å². The molecule has 1 saturated carbocycles. The second kappa shape index (κ2) is 12.9. The van der Waals surface area contributed by atoms with E-state index in [-0.39, 0.29) is 43.0 Å². The van der Waals surface area contributed by atoms with Crippen LogP contribution in [0.4, 0.5) is 0 Å². The summed E-state index contributed by atoms with van der Waals surface area (Å²) < 4.78 is 16.1. The van der Waals surface area contributed by atoms with Crippen molar-refractivity contribution in [3.63, 3.8) is 0 Å². The summed E-state index contributed by atoms with van der Waals surface area (Å²) in [7, 11) is 0. The summed E-state index contributed by atoms with van der Waals surface area (Å²) in [5.74, 6) is 2.90. The summed E-state index contributed by atoms with van der Waals surface area (Å²) in [4.78, 5) is 10.4. The predicted molar refractivity (Wildman–Crippen MR) is 226 cm³/mol. The molecule has 2 atom stereocenters.